The maximum absolute atomic E-state index is 6.11. The highest BCUT2D eigenvalue weighted by atomic mass is 16.5. The van der Waals surface area contributed by atoms with Crippen LogP contribution in [0.2, 0.25) is 0 Å². The normalized spacial score (nSPS) is 30.0. The summed E-state index contributed by atoms with van der Waals surface area (Å²) in [6.07, 6.45) is 5.09. The Morgan fingerprint density at radius 2 is 2.00 bits per heavy atom. The third-order valence-electron chi connectivity index (χ3n) is 4.22. The van der Waals surface area contributed by atoms with Crippen LogP contribution in [0, 0.1) is 5.92 Å². The van der Waals surface area contributed by atoms with Crippen LogP contribution < -0.4 is 0 Å². The third kappa shape index (κ3) is 3.43. The van der Waals surface area contributed by atoms with Gasteiger partial charge in [0, 0.05) is 26.7 Å². The molecule has 0 bridgehead atoms. The summed E-state index contributed by atoms with van der Waals surface area (Å²) in [6, 6.07) is 0. The van der Waals surface area contributed by atoms with Crippen molar-refractivity contribution in [1.29, 1.82) is 0 Å². The van der Waals surface area contributed by atoms with Crippen LogP contribution >= 0.6 is 0 Å². The summed E-state index contributed by atoms with van der Waals surface area (Å²) in [5, 5.41) is 0. The molecule has 2 aliphatic rings. The first kappa shape index (κ1) is 13.3. The zero-order chi connectivity index (χ0) is 12.3. The predicted molar refractivity (Wildman–Crippen MR) is 69.2 cm³/mol. The second kappa shape index (κ2) is 5.68. The smallest absolute Gasteiger partial charge is 0.0806 e. The monoisotopic (exact) mass is 241 g/mol. The maximum Gasteiger partial charge on any atom is 0.0806 e. The lowest BCUT2D eigenvalue weighted by molar-refractivity contribution is -0.153. The molecule has 2 fully saturated rings. The first-order valence-corrected chi connectivity index (χ1v) is 7.03. The van der Waals surface area contributed by atoms with Crippen molar-refractivity contribution in [2.45, 2.75) is 51.2 Å². The number of likely N-dealkylation sites (tertiary alicyclic amines) is 1. The molecular weight excluding hydrogens is 214 g/mol. The number of piperidine rings is 1. The number of methoxy groups -OCH3 is 1. The van der Waals surface area contributed by atoms with E-state index < -0.39 is 0 Å². The van der Waals surface area contributed by atoms with Gasteiger partial charge in [-0.25, -0.2) is 0 Å². The minimum Gasteiger partial charge on any atom is -0.379 e. The van der Waals surface area contributed by atoms with Crippen molar-refractivity contribution in [2.75, 3.05) is 33.4 Å². The molecule has 0 radical (unpaired) electrons. The molecule has 0 aromatic carbocycles. The van der Waals surface area contributed by atoms with E-state index in [0.29, 0.717) is 6.10 Å². The lowest BCUT2D eigenvalue weighted by Gasteiger charge is -2.45. The van der Waals surface area contributed by atoms with Crippen molar-refractivity contribution in [3.05, 3.63) is 0 Å². The molecule has 2 rings (SSSR count). The van der Waals surface area contributed by atoms with Gasteiger partial charge in [-0.05, 0) is 31.6 Å². The number of ether oxygens (including phenoxy) is 2. The number of hydrogen-bond acceptors (Lipinski definition) is 3. The van der Waals surface area contributed by atoms with E-state index in [1.165, 1.54) is 45.3 Å². The van der Waals surface area contributed by atoms with Crippen LogP contribution in [0.25, 0.3) is 0 Å². The summed E-state index contributed by atoms with van der Waals surface area (Å²) in [5.74, 6) is 0.772. The summed E-state index contributed by atoms with van der Waals surface area (Å²) >= 11 is 0. The average molecular weight is 241 g/mol. The van der Waals surface area contributed by atoms with E-state index in [4.69, 9.17) is 9.47 Å². The topological polar surface area (TPSA) is 21.7 Å². The Bertz CT molecular complexity index is 224. The Morgan fingerprint density at radius 3 is 2.47 bits per heavy atom. The minimum absolute atomic E-state index is 0.183. The van der Waals surface area contributed by atoms with Gasteiger partial charge < -0.3 is 14.4 Å². The molecule has 0 amide bonds. The van der Waals surface area contributed by atoms with Crippen molar-refractivity contribution in [2.24, 2.45) is 5.92 Å². The SMILES string of the molecule is COC1CCC2(CCN(CC(C)C)CC2)OC1. The van der Waals surface area contributed by atoms with Gasteiger partial charge in [0.25, 0.3) is 0 Å². The Labute approximate surface area is 105 Å². The average Bonchev–Trinajstić information content (AvgIpc) is 2.33. The van der Waals surface area contributed by atoms with Gasteiger partial charge in [0.05, 0.1) is 18.3 Å². The number of hydrogen-bond donors (Lipinski definition) is 0. The summed E-state index contributed by atoms with van der Waals surface area (Å²) in [5.41, 5.74) is 0.183. The highest BCUT2D eigenvalue weighted by Gasteiger charge is 2.39. The van der Waals surface area contributed by atoms with Crippen molar-refractivity contribution in [3.8, 4) is 0 Å². The van der Waals surface area contributed by atoms with Gasteiger partial charge in [0.1, 0.15) is 0 Å². The Morgan fingerprint density at radius 1 is 1.29 bits per heavy atom. The molecule has 0 saturated carbocycles. The zero-order valence-corrected chi connectivity index (χ0v) is 11.6. The fourth-order valence-corrected chi connectivity index (χ4v) is 3.09. The molecule has 1 unspecified atom stereocenters. The molecule has 1 spiro atoms. The Hall–Kier alpha value is -0.120. The van der Waals surface area contributed by atoms with E-state index in [1.54, 1.807) is 7.11 Å². The fourth-order valence-electron chi connectivity index (χ4n) is 3.09. The summed E-state index contributed by atoms with van der Waals surface area (Å²) in [7, 11) is 1.79. The van der Waals surface area contributed by atoms with Gasteiger partial charge in [-0.3, -0.25) is 0 Å². The highest BCUT2D eigenvalue weighted by molar-refractivity contribution is 4.91. The van der Waals surface area contributed by atoms with Crippen molar-refractivity contribution in [3.63, 3.8) is 0 Å². The van der Waals surface area contributed by atoms with Gasteiger partial charge >= 0.3 is 0 Å². The van der Waals surface area contributed by atoms with Crippen LogP contribution in [-0.2, 0) is 9.47 Å². The van der Waals surface area contributed by atoms with Gasteiger partial charge in [-0.2, -0.15) is 0 Å². The third-order valence-corrected chi connectivity index (χ3v) is 4.22. The second-order valence-corrected chi connectivity index (χ2v) is 6.08. The molecule has 100 valence electrons. The summed E-state index contributed by atoms with van der Waals surface area (Å²) in [4.78, 5) is 2.59. The van der Waals surface area contributed by atoms with Gasteiger partial charge in [-0.15, -0.1) is 0 Å². The van der Waals surface area contributed by atoms with Crippen LogP contribution in [0.4, 0.5) is 0 Å². The molecule has 17 heavy (non-hydrogen) atoms. The standard InChI is InChI=1S/C14H27NO2/c1-12(2)10-15-8-6-14(7-9-15)5-4-13(16-3)11-17-14/h12-13H,4-11H2,1-3H3. The molecule has 2 saturated heterocycles. The highest BCUT2D eigenvalue weighted by Crippen LogP contribution is 2.35. The van der Waals surface area contributed by atoms with Crippen LogP contribution in [0.5, 0.6) is 0 Å². The number of nitrogens with zero attached hydrogens (tertiary/aromatic N) is 1. The predicted octanol–water partition coefficient (Wildman–Crippen LogP) is 2.30. The van der Waals surface area contributed by atoms with Gasteiger partial charge in [0.15, 0.2) is 0 Å². The first-order valence-electron chi connectivity index (χ1n) is 7.03. The minimum atomic E-state index is 0.183. The quantitative estimate of drug-likeness (QED) is 0.757. The lowest BCUT2D eigenvalue weighted by Crippen LogP contribution is -2.50. The summed E-state index contributed by atoms with van der Waals surface area (Å²) < 4.78 is 11.5. The van der Waals surface area contributed by atoms with E-state index in [0.717, 1.165) is 12.5 Å². The van der Waals surface area contributed by atoms with Crippen LogP contribution in [0.3, 0.4) is 0 Å². The van der Waals surface area contributed by atoms with E-state index in [9.17, 15) is 0 Å². The fraction of sp³-hybridized carbons (Fsp3) is 1.00. The van der Waals surface area contributed by atoms with E-state index in [1.807, 2.05) is 0 Å². The molecule has 0 aromatic rings. The van der Waals surface area contributed by atoms with Crippen LogP contribution in [-0.4, -0.2) is 50.0 Å². The molecular formula is C14H27NO2. The Kier molecular flexibility index (Phi) is 4.45. The molecule has 1 atom stereocenters. The Balaban J connectivity index is 1.78. The van der Waals surface area contributed by atoms with Crippen molar-refractivity contribution in [1.82, 2.24) is 4.90 Å². The maximum atomic E-state index is 6.11. The van der Waals surface area contributed by atoms with Crippen LogP contribution in [0.1, 0.15) is 39.5 Å². The molecule has 0 N–H and O–H groups in total. The zero-order valence-electron chi connectivity index (χ0n) is 11.6. The lowest BCUT2D eigenvalue weighted by atomic mass is 9.83. The van der Waals surface area contributed by atoms with E-state index in [2.05, 4.69) is 18.7 Å². The van der Waals surface area contributed by atoms with Gasteiger partial charge in [0.2, 0.25) is 0 Å². The molecule has 3 nitrogen and oxygen atoms in total. The largest absolute Gasteiger partial charge is 0.379 e. The molecule has 2 heterocycles. The first-order chi connectivity index (χ1) is 8.13. The molecule has 0 aliphatic carbocycles. The van der Waals surface area contributed by atoms with E-state index >= 15 is 0 Å². The van der Waals surface area contributed by atoms with Crippen molar-refractivity contribution >= 4 is 0 Å². The molecule has 3 heteroatoms. The summed E-state index contributed by atoms with van der Waals surface area (Å²) in [6.45, 7) is 9.03. The van der Waals surface area contributed by atoms with Gasteiger partial charge in [-0.1, -0.05) is 13.8 Å². The van der Waals surface area contributed by atoms with Crippen LogP contribution in [0.15, 0.2) is 0 Å². The van der Waals surface area contributed by atoms with E-state index in [-0.39, 0.29) is 5.60 Å². The second-order valence-electron chi connectivity index (χ2n) is 6.08. The molecule has 0 aromatic heterocycles. The number of rotatable bonds is 3. The van der Waals surface area contributed by atoms with Crippen molar-refractivity contribution < 1.29 is 9.47 Å². The molecule has 2 aliphatic heterocycles.